The highest BCUT2D eigenvalue weighted by molar-refractivity contribution is 7.92. The molecule has 0 aliphatic carbocycles. The van der Waals surface area contributed by atoms with Gasteiger partial charge in [-0.2, -0.15) is 0 Å². The summed E-state index contributed by atoms with van der Waals surface area (Å²) in [5.74, 6) is -0.817. The van der Waals surface area contributed by atoms with Crippen LogP contribution in [0.15, 0.2) is 77.7 Å². The molecule has 10 heteroatoms. The van der Waals surface area contributed by atoms with Crippen LogP contribution in [0.1, 0.15) is 44.7 Å². The van der Waals surface area contributed by atoms with Gasteiger partial charge in [0.1, 0.15) is 12.6 Å². The molecule has 214 valence electrons. The number of carbonyl (C=O) groups is 2. The first-order valence-corrected chi connectivity index (χ1v) is 15.4. The van der Waals surface area contributed by atoms with Crippen molar-refractivity contribution in [1.29, 1.82) is 0 Å². The average Bonchev–Trinajstić information content (AvgIpc) is 2.93. The number of amides is 2. The van der Waals surface area contributed by atoms with E-state index in [0.717, 1.165) is 21.9 Å². The predicted octanol–water partition coefficient (Wildman–Crippen LogP) is 6.22. The van der Waals surface area contributed by atoms with Gasteiger partial charge in [0.2, 0.25) is 11.8 Å². The molecule has 3 aromatic carbocycles. The minimum Gasteiger partial charge on any atom is -0.352 e. The molecule has 0 saturated heterocycles. The van der Waals surface area contributed by atoms with Gasteiger partial charge in [-0.15, -0.1) is 0 Å². The molecule has 0 saturated carbocycles. The quantitative estimate of drug-likeness (QED) is 0.266. The van der Waals surface area contributed by atoms with Crippen LogP contribution in [0.5, 0.6) is 0 Å². The average molecular weight is 605 g/mol. The predicted molar refractivity (Wildman–Crippen MR) is 161 cm³/mol. The van der Waals surface area contributed by atoms with Crippen molar-refractivity contribution in [2.24, 2.45) is 0 Å². The molecule has 7 nitrogen and oxygen atoms in total. The second-order valence-corrected chi connectivity index (χ2v) is 12.4. The van der Waals surface area contributed by atoms with E-state index in [2.05, 4.69) is 5.32 Å². The largest absolute Gasteiger partial charge is 0.352 e. The number of nitrogens with zero attached hydrogens (tertiary/aromatic N) is 2. The number of carbonyl (C=O) groups excluding carboxylic acids is 2. The lowest BCUT2D eigenvalue weighted by Gasteiger charge is -2.34. The highest BCUT2D eigenvalue weighted by Gasteiger charge is 2.34. The van der Waals surface area contributed by atoms with Gasteiger partial charge >= 0.3 is 0 Å². The van der Waals surface area contributed by atoms with Crippen molar-refractivity contribution >= 4 is 50.7 Å². The first kappa shape index (κ1) is 31.5. The van der Waals surface area contributed by atoms with Gasteiger partial charge < -0.3 is 10.2 Å². The molecule has 0 heterocycles. The van der Waals surface area contributed by atoms with E-state index in [4.69, 9.17) is 23.2 Å². The summed E-state index contributed by atoms with van der Waals surface area (Å²) in [4.78, 5) is 28.9. The Kier molecular flexibility index (Phi) is 11.0. The van der Waals surface area contributed by atoms with Crippen LogP contribution in [0.3, 0.4) is 0 Å². The van der Waals surface area contributed by atoms with E-state index >= 15 is 0 Å². The Morgan fingerprint density at radius 2 is 1.60 bits per heavy atom. The molecule has 0 fully saturated rings. The number of sulfonamides is 1. The molecule has 3 rings (SSSR count). The number of benzene rings is 3. The maximum atomic E-state index is 14.1. The summed E-state index contributed by atoms with van der Waals surface area (Å²) in [5.41, 5.74) is 2.01. The lowest BCUT2D eigenvalue weighted by molar-refractivity contribution is -0.140. The minimum atomic E-state index is -4.18. The first-order chi connectivity index (χ1) is 19.0. The van der Waals surface area contributed by atoms with Crippen molar-refractivity contribution in [2.45, 2.75) is 64.1 Å². The van der Waals surface area contributed by atoms with Gasteiger partial charge in [-0.25, -0.2) is 8.42 Å². The van der Waals surface area contributed by atoms with Crippen LogP contribution in [0.4, 0.5) is 5.69 Å². The molecule has 2 amide bonds. The van der Waals surface area contributed by atoms with E-state index < -0.39 is 28.5 Å². The molecule has 0 bridgehead atoms. The highest BCUT2D eigenvalue weighted by Crippen LogP contribution is 2.31. The van der Waals surface area contributed by atoms with Crippen LogP contribution >= 0.6 is 23.2 Å². The standard InChI is InChI=1S/C30H35Cl2N3O4S/c1-5-22(4)33-30(37)28(6-2)34(19-23-12-10-11-21(3)17-23)29(36)20-35(24-15-16-26(31)27(32)18-24)40(38,39)25-13-8-7-9-14-25/h7-18,22,28H,5-6,19-20H2,1-4H3,(H,33,37)/t22-,28+/m0/s1. The summed E-state index contributed by atoms with van der Waals surface area (Å²) in [6, 6.07) is 19.0. The second-order valence-electron chi connectivity index (χ2n) is 9.68. The van der Waals surface area contributed by atoms with Crippen LogP contribution in [0, 0.1) is 6.92 Å². The maximum Gasteiger partial charge on any atom is 0.264 e. The van der Waals surface area contributed by atoms with E-state index in [1.807, 2.05) is 52.0 Å². The van der Waals surface area contributed by atoms with Crippen molar-refractivity contribution < 1.29 is 18.0 Å². The van der Waals surface area contributed by atoms with Crippen molar-refractivity contribution in [3.63, 3.8) is 0 Å². The Hall–Kier alpha value is -3.07. The third kappa shape index (κ3) is 7.77. The van der Waals surface area contributed by atoms with Crippen LogP contribution in [-0.4, -0.2) is 43.8 Å². The van der Waals surface area contributed by atoms with Gasteiger partial charge in [0.15, 0.2) is 0 Å². The molecular weight excluding hydrogens is 569 g/mol. The highest BCUT2D eigenvalue weighted by atomic mass is 35.5. The number of hydrogen-bond acceptors (Lipinski definition) is 4. The van der Waals surface area contributed by atoms with Gasteiger partial charge in [0, 0.05) is 12.6 Å². The van der Waals surface area contributed by atoms with Crippen molar-refractivity contribution in [2.75, 3.05) is 10.8 Å². The van der Waals surface area contributed by atoms with Gasteiger partial charge in [0.25, 0.3) is 10.0 Å². The Morgan fingerprint density at radius 3 is 2.20 bits per heavy atom. The lowest BCUT2D eigenvalue weighted by Crippen LogP contribution is -2.53. The molecule has 0 aromatic heterocycles. The summed E-state index contributed by atoms with van der Waals surface area (Å²) in [7, 11) is -4.18. The summed E-state index contributed by atoms with van der Waals surface area (Å²) in [5, 5.41) is 3.37. The first-order valence-electron chi connectivity index (χ1n) is 13.2. The van der Waals surface area contributed by atoms with E-state index in [9.17, 15) is 18.0 Å². The zero-order valence-corrected chi connectivity index (χ0v) is 25.4. The Labute approximate surface area is 247 Å². The molecule has 3 aromatic rings. The van der Waals surface area contributed by atoms with E-state index in [0.29, 0.717) is 6.42 Å². The third-order valence-electron chi connectivity index (χ3n) is 6.62. The maximum absolute atomic E-state index is 14.1. The monoisotopic (exact) mass is 603 g/mol. The van der Waals surface area contributed by atoms with Gasteiger partial charge in [-0.05, 0) is 62.6 Å². The SMILES string of the molecule is CC[C@H](C(=O)N[C@@H](C)CC)N(Cc1cccc(C)c1)C(=O)CN(c1ccc(Cl)c(Cl)c1)S(=O)(=O)c1ccccc1. The number of halogens is 2. The zero-order valence-electron chi connectivity index (χ0n) is 23.1. The Morgan fingerprint density at radius 1 is 0.900 bits per heavy atom. The Bertz CT molecular complexity index is 1430. The summed E-state index contributed by atoms with van der Waals surface area (Å²) >= 11 is 12.4. The molecule has 40 heavy (non-hydrogen) atoms. The number of rotatable bonds is 12. The van der Waals surface area contributed by atoms with Crippen LogP contribution in [0.25, 0.3) is 0 Å². The summed E-state index contributed by atoms with van der Waals surface area (Å²) < 4.78 is 28.7. The smallest absolute Gasteiger partial charge is 0.264 e. The fourth-order valence-electron chi connectivity index (χ4n) is 4.26. The van der Waals surface area contributed by atoms with E-state index in [1.165, 1.54) is 35.2 Å². The lowest BCUT2D eigenvalue weighted by atomic mass is 10.1. The number of anilines is 1. The van der Waals surface area contributed by atoms with Gasteiger partial charge in [0.05, 0.1) is 20.6 Å². The molecule has 0 aliphatic rings. The second kappa shape index (κ2) is 14.0. The van der Waals surface area contributed by atoms with E-state index in [-0.39, 0.29) is 39.1 Å². The normalized spacial score (nSPS) is 12.8. The fraction of sp³-hybridized carbons (Fsp3) is 0.333. The molecule has 0 aliphatic heterocycles. The number of hydrogen-bond donors (Lipinski definition) is 1. The Balaban J connectivity index is 2.07. The molecule has 0 unspecified atom stereocenters. The third-order valence-corrected chi connectivity index (χ3v) is 9.15. The van der Waals surface area contributed by atoms with Gasteiger partial charge in [-0.3, -0.25) is 13.9 Å². The van der Waals surface area contributed by atoms with E-state index in [1.54, 1.807) is 18.2 Å². The number of aryl methyl sites for hydroxylation is 1. The van der Waals surface area contributed by atoms with Gasteiger partial charge in [-0.1, -0.05) is 85.1 Å². The molecule has 0 radical (unpaired) electrons. The molecule has 1 N–H and O–H groups in total. The summed E-state index contributed by atoms with van der Waals surface area (Å²) in [6.07, 6.45) is 1.08. The van der Waals surface area contributed by atoms with Crippen LogP contribution < -0.4 is 9.62 Å². The fourth-order valence-corrected chi connectivity index (χ4v) is 5.98. The minimum absolute atomic E-state index is 0.0145. The molecule has 2 atom stereocenters. The van der Waals surface area contributed by atoms with Crippen LogP contribution in [0.2, 0.25) is 10.0 Å². The van der Waals surface area contributed by atoms with Crippen molar-refractivity contribution in [3.05, 3.63) is 94.0 Å². The zero-order chi connectivity index (χ0) is 29.4. The molecule has 0 spiro atoms. The topological polar surface area (TPSA) is 86.8 Å². The molecular formula is C30H35Cl2N3O4S. The van der Waals surface area contributed by atoms with Crippen molar-refractivity contribution in [3.8, 4) is 0 Å². The number of nitrogens with one attached hydrogen (secondary N) is 1. The summed E-state index contributed by atoms with van der Waals surface area (Å²) in [6.45, 7) is 7.22. The van der Waals surface area contributed by atoms with Crippen molar-refractivity contribution in [1.82, 2.24) is 10.2 Å². The van der Waals surface area contributed by atoms with Crippen LogP contribution in [-0.2, 0) is 26.2 Å².